The van der Waals surface area contributed by atoms with Gasteiger partial charge in [0.2, 0.25) is 5.56 Å². The highest BCUT2D eigenvalue weighted by Gasteiger charge is 2.15. The van der Waals surface area contributed by atoms with Gasteiger partial charge in [-0.1, -0.05) is 12.1 Å². The molecule has 1 aromatic carbocycles. The summed E-state index contributed by atoms with van der Waals surface area (Å²) in [4.78, 5) is 36.8. The topological polar surface area (TPSA) is 99.3 Å². The van der Waals surface area contributed by atoms with Crippen LogP contribution in [0.3, 0.4) is 0 Å². The summed E-state index contributed by atoms with van der Waals surface area (Å²) in [6.45, 7) is 1.65. The first-order valence-corrected chi connectivity index (χ1v) is 5.82. The highest BCUT2D eigenvalue weighted by molar-refractivity contribution is 6.08. The quantitative estimate of drug-likeness (QED) is 0.790. The smallest absolute Gasteiger partial charge is 0.338 e. The van der Waals surface area contributed by atoms with E-state index in [2.05, 4.69) is 10.3 Å². The second-order valence-corrected chi connectivity index (χ2v) is 4.20. The summed E-state index contributed by atoms with van der Waals surface area (Å²) in [6.07, 6.45) is 1.35. The fourth-order valence-electron chi connectivity index (χ4n) is 1.84. The molecule has 0 saturated carbocycles. The number of carboxylic acid groups (broad SMARTS) is 1. The van der Waals surface area contributed by atoms with Gasteiger partial charge in [0, 0.05) is 17.8 Å². The number of carbonyl (C=O) groups excluding carboxylic acids is 1. The molecule has 102 valence electrons. The number of pyridine rings is 1. The Bertz CT molecular complexity index is 734. The minimum absolute atomic E-state index is 0.0330. The van der Waals surface area contributed by atoms with Crippen LogP contribution in [0.2, 0.25) is 0 Å². The first kappa shape index (κ1) is 13.5. The molecule has 0 atom stereocenters. The van der Waals surface area contributed by atoms with Crippen molar-refractivity contribution in [1.82, 2.24) is 4.98 Å². The van der Waals surface area contributed by atoms with Crippen molar-refractivity contribution in [3.8, 4) is 0 Å². The van der Waals surface area contributed by atoms with Gasteiger partial charge >= 0.3 is 5.97 Å². The molecule has 0 unspecified atom stereocenters. The summed E-state index contributed by atoms with van der Waals surface area (Å²) in [7, 11) is 0. The molecular weight excluding hydrogens is 260 g/mol. The number of aromatic nitrogens is 1. The van der Waals surface area contributed by atoms with Crippen LogP contribution in [0.15, 0.2) is 41.3 Å². The van der Waals surface area contributed by atoms with E-state index in [-0.39, 0.29) is 16.8 Å². The third kappa shape index (κ3) is 2.74. The van der Waals surface area contributed by atoms with E-state index in [1.807, 2.05) is 0 Å². The van der Waals surface area contributed by atoms with Gasteiger partial charge < -0.3 is 15.4 Å². The first-order chi connectivity index (χ1) is 9.49. The van der Waals surface area contributed by atoms with Gasteiger partial charge in [-0.25, -0.2) is 4.79 Å². The Morgan fingerprint density at radius 2 is 2.00 bits per heavy atom. The molecule has 3 N–H and O–H groups in total. The van der Waals surface area contributed by atoms with Crippen LogP contribution in [-0.2, 0) is 0 Å². The van der Waals surface area contributed by atoms with E-state index < -0.39 is 17.4 Å². The van der Waals surface area contributed by atoms with Crippen LogP contribution >= 0.6 is 0 Å². The largest absolute Gasteiger partial charge is 0.478 e. The lowest BCUT2D eigenvalue weighted by Crippen LogP contribution is -2.17. The molecule has 0 spiro atoms. The maximum Gasteiger partial charge on any atom is 0.338 e. The fraction of sp³-hybridized carbons (Fsp3) is 0.0714. The summed E-state index contributed by atoms with van der Waals surface area (Å²) < 4.78 is 0. The lowest BCUT2D eigenvalue weighted by Gasteiger charge is -2.10. The normalized spacial score (nSPS) is 10.1. The van der Waals surface area contributed by atoms with Crippen molar-refractivity contribution in [1.29, 1.82) is 0 Å². The monoisotopic (exact) mass is 272 g/mol. The van der Waals surface area contributed by atoms with Crippen LogP contribution in [-0.4, -0.2) is 22.0 Å². The number of H-pyrrole nitrogens is 1. The van der Waals surface area contributed by atoms with Gasteiger partial charge in [-0.05, 0) is 24.6 Å². The van der Waals surface area contributed by atoms with Crippen LogP contribution in [0.5, 0.6) is 0 Å². The molecule has 0 saturated heterocycles. The lowest BCUT2D eigenvalue weighted by atomic mass is 10.1. The number of carboxylic acids is 1. The number of hydrogen-bond donors (Lipinski definition) is 3. The Morgan fingerprint density at radius 1 is 1.25 bits per heavy atom. The zero-order valence-electron chi connectivity index (χ0n) is 10.6. The number of rotatable bonds is 3. The molecule has 2 rings (SSSR count). The predicted octanol–water partition coefficient (Wildman–Crippen LogP) is 1.63. The van der Waals surface area contributed by atoms with Crippen molar-refractivity contribution < 1.29 is 14.7 Å². The molecular formula is C14H12N2O4. The average Bonchev–Trinajstić information content (AvgIpc) is 2.38. The standard InChI is InChI=1S/C14H12N2O4/c1-8-3-2-4-10(12(8)14(19)20)16-13(18)9-5-6-15-11(17)7-9/h2-7H,1H3,(H,15,17)(H,16,18)(H,19,20). The first-order valence-electron chi connectivity index (χ1n) is 5.82. The number of carbonyl (C=O) groups is 2. The minimum atomic E-state index is -1.12. The van der Waals surface area contributed by atoms with E-state index in [0.717, 1.165) is 6.07 Å². The van der Waals surface area contributed by atoms with Gasteiger partial charge in [0.05, 0.1) is 11.3 Å². The molecule has 0 fully saturated rings. The van der Waals surface area contributed by atoms with Crippen LogP contribution in [0, 0.1) is 6.92 Å². The highest BCUT2D eigenvalue weighted by atomic mass is 16.4. The molecule has 0 aliphatic carbocycles. The molecule has 2 aromatic rings. The zero-order valence-corrected chi connectivity index (χ0v) is 10.6. The molecule has 1 heterocycles. The van der Waals surface area contributed by atoms with Gasteiger partial charge in [0.15, 0.2) is 0 Å². The van der Waals surface area contributed by atoms with E-state index in [1.54, 1.807) is 19.1 Å². The summed E-state index contributed by atoms with van der Waals surface area (Å²) in [5, 5.41) is 11.7. The van der Waals surface area contributed by atoms with Crippen molar-refractivity contribution >= 4 is 17.6 Å². The Kier molecular flexibility index (Phi) is 3.65. The molecule has 1 aromatic heterocycles. The number of amides is 1. The van der Waals surface area contributed by atoms with Crippen LogP contribution < -0.4 is 10.9 Å². The Labute approximate surface area is 114 Å². The van der Waals surface area contributed by atoms with Crippen LogP contribution in [0.25, 0.3) is 0 Å². The van der Waals surface area contributed by atoms with Crippen molar-refractivity contribution in [2.75, 3.05) is 5.32 Å². The van der Waals surface area contributed by atoms with E-state index in [9.17, 15) is 14.4 Å². The summed E-state index contributed by atoms with van der Waals surface area (Å²) in [5.41, 5.74) is 0.529. The molecule has 0 aliphatic rings. The zero-order chi connectivity index (χ0) is 14.7. The van der Waals surface area contributed by atoms with Gasteiger partial charge in [0.1, 0.15) is 0 Å². The Morgan fingerprint density at radius 3 is 2.65 bits per heavy atom. The van der Waals surface area contributed by atoms with Crippen molar-refractivity contribution in [3.63, 3.8) is 0 Å². The van der Waals surface area contributed by atoms with Crippen molar-refractivity contribution in [2.24, 2.45) is 0 Å². The van der Waals surface area contributed by atoms with E-state index in [0.29, 0.717) is 5.56 Å². The number of hydrogen-bond acceptors (Lipinski definition) is 3. The number of aromatic amines is 1. The average molecular weight is 272 g/mol. The third-order valence-electron chi connectivity index (χ3n) is 2.77. The SMILES string of the molecule is Cc1cccc(NC(=O)c2cc[nH]c(=O)c2)c1C(=O)O. The number of benzene rings is 1. The molecule has 1 amide bonds. The predicted molar refractivity (Wildman–Crippen MR) is 73.2 cm³/mol. The van der Waals surface area contributed by atoms with Gasteiger partial charge in [-0.2, -0.15) is 0 Å². The van der Waals surface area contributed by atoms with Gasteiger partial charge in [-0.15, -0.1) is 0 Å². The summed E-state index contributed by atoms with van der Waals surface area (Å²) in [6, 6.07) is 7.38. The summed E-state index contributed by atoms with van der Waals surface area (Å²) >= 11 is 0. The number of aromatic carboxylic acids is 1. The van der Waals surface area contributed by atoms with Crippen molar-refractivity contribution in [3.05, 3.63) is 63.6 Å². The third-order valence-corrected chi connectivity index (χ3v) is 2.77. The second-order valence-electron chi connectivity index (χ2n) is 4.20. The Hall–Kier alpha value is -2.89. The van der Waals surface area contributed by atoms with Crippen LogP contribution in [0.4, 0.5) is 5.69 Å². The second kappa shape index (κ2) is 5.40. The van der Waals surface area contributed by atoms with Crippen molar-refractivity contribution in [2.45, 2.75) is 6.92 Å². The van der Waals surface area contributed by atoms with E-state index in [1.165, 1.54) is 18.3 Å². The molecule has 20 heavy (non-hydrogen) atoms. The maximum absolute atomic E-state index is 12.0. The highest BCUT2D eigenvalue weighted by Crippen LogP contribution is 2.20. The van der Waals surface area contributed by atoms with E-state index in [4.69, 9.17) is 5.11 Å². The molecule has 0 radical (unpaired) electrons. The molecule has 6 heteroatoms. The lowest BCUT2D eigenvalue weighted by molar-refractivity contribution is 0.0697. The number of aryl methyl sites for hydroxylation is 1. The number of nitrogens with one attached hydrogen (secondary N) is 2. The molecule has 0 aliphatic heterocycles. The van der Waals surface area contributed by atoms with Gasteiger partial charge in [-0.3, -0.25) is 9.59 Å². The summed E-state index contributed by atoms with van der Waals surface area (Å²) in [5.74, 6) is -1.66. The number of anilines is 1. The maximum atomic E-state index is 12.0. The minimum Gasteiger partial charge on any atom is -0.478 e. The molecule has 0 bridgehead atoms. The van der Waals surface area contributed by atoms with Gasteiger partial charge in [0.25, 0.3) is 5.91 Å². The fourth-order valence-corrected chi connectivity index (χ4v) is 1.84. The Balaban J connectivity index is 2.36. The van der Waals surface area contributed by atoms with E-state index >= 15 is 0 Å². The van der Waals surface area contributed by atoms with Crippen LogP contribution in [0.1, 0.15) is 26.3 Å². The molecule has 6 nitrogen and oxygen atoms in total.